The molecule has 0 aliphatic heterocycles. The minimum Gasteiger partial charge on any atom is -0.437 e. The second-order valence-electron chi connectivity index (χ2n) is 4.01. The maximum absolute atomic E-state index is 10.9. The molecule has 0 saturated carbocycles. The summed E-state index contributed by atoms with van der Waals surface area (Å²) < 4.78 is 6.39. The van der Waals surface area contributed by atoms with Gasteiger partial charge in [-0.3, -0.25) is 10.1 Å². The molecule has 0 fully saturated rings. The molecule has 2 rings (SSSR count). The molecule has 1 aromatic heterocycles. The standard InChI is InChI=1S/C13H11BrN2O3/c1-8-6-7-15-13(12(8)14)19-11-5-3-4-10(9(11)2)16(17)18/h3-7H,1-2H3. The zero-order valence-electron chi connectivity index (χ0n) is 10.4. The monoisotopic (exact) mass is 322 g/mol. The van der Waals surface area contributed by atoms with Gasteiger partial charge in [-0.1, -0.05) is 6.07 Å². The fraction of sp³-hybridized carbons (Fsp3) is 0.154. The van der Waals surface area contributed by atoms with Crippen LogP contribution in [0, 0.1) is 24.0 Å². The van der Waals surface area contributed by atoms with Crippen molar-refractivity contribution in [3.8, 4) is 11.6 Å². The van der Waals surface area contributed by atoms with Crippen molar-refractivity contribution in [1.82, 2.24) is 4.98 Å². The van der Waals surface area contributed by atoms with E-state index in [-0.39, 0.29) is 5.69 Å². The van der Waals surface area contributed by atoms with Crippen LogP contribution < -0.4 is 4.74 Å². The summed E-state index contributed by atoms with van der Waals surface area (Å²) in [7, 11) is 0. The number of hydrogen-bond acceptors (Lipinski definition) is 4. The Hall–Kier alpha value is -1.95. The lowest BCUT2D eigenvalue weighted by Gasteiger charge is -2.10. The first kappa shape index (κ1) is 13.5. The maximum Gasteiger partial charge on any atom is 0.276 e. The number of benzene rings is 1. The summed E-state index contributed by atoms with van der Waals surface area (Å²) in [4.78, 5) is 14.6. The van der Waals surface area contributed by atoms with Crippen LogP contribution in [0.2, 0.25) is 0 Å². The molecule has 0 aliphatic rings. The van der Waals surface area contributed by atoms with Gasteiger partial charge < -0.3 is 4.74 Å². The van der Waals surface area contributed by atoms with Crippen molar-refractivity contribution in [3.63, 3.8) is 0 Å². The van der Waals surface area contributed by atoms with Gasteiger partial charge in [0.15, 0.2) is 0 Å². The molecule has 0 amide bonds. The van der Waals surface area contributed by atoms with Gasteiger partial charge in [-0.25, -0.2) is 4.98 Å². The van der Waals surface area contributed by atoms with Gasteiger partial charge >= 0.3 is 0 Å². The summed E-state index contributed by atoms with van der Waals surface area (Å²) in [5.74, 6) is 0.816. The molecule has 0 radical (unpaired) electrons. The fourth-order valence-electron chi connectivity index (χ4n) is 1.60. The average Bonchev–Trinajstić information content (AvgIpc) is 2.37. The fourth-order valence-corrected chi connectivity index (χ4v) is 1.92. The third-order valence-electron chi connectivity index (χ3n) is 2.71. The minimum atomic E-state index is -0.430. The van der Waals surface area contributed by atoms with Crippen molar-refractivity contribution >= 4 is 21.6 Å². The lowest BCUT2D eigenvalue weighted by molar-refractivity contribution is -0.385. The van der Waals surface area contributed by atoms with Crippen LogP contribution in [0.1, 0.15) is 11.1 Å². The van der Waals surface area contributed by atoms with Crippen molar-refractivity contribution in [2.24, 2.45) is 0 Å². The SMILES string of the molecule is Cc1ccnc(Oc2cccc([N+](=O)[O-])c2C)c1Br. The van der Waals surface area contributed by atoms with E-state index in [1.165, 1.54) is 6.07 Å². The molecule has 0 unspecified atom stereocenters. The Labute approximate surface area is 118 Å². The molecule has 1 heterocycles. The first-order valence-electron chi connectivity index (χ1n) is 5.53. The lowest BCUT2D eigenvalue weighted by Crippen LogP contribution is -1.96. The van der Waals surface area contributed by atoms with Crippen LogP contribution in [0.15, 0.2) is 34.9 Å². The number of ether oxygens (including phenoxy) is 1. The largest absolute Gasteiger partial charge is 0.437 e. The predicted octanol–water partition coefficient (Wildman–Crippen LogP) is 4.16. The van der Waals surface area contributed by atoms with E-state index < -0.39 is 4.92 Å². The molecule has 0 bridgehead atoms. The van der Waals surface area contributed by atoms with Crippen LogP contribution in [0.25, 0.3) is 0 Å². The Kier molecular flexibility index (Phi) is 3.80. The molecule has 98 valence electrons. The van der Waals surface area contributed by atoms with Crippen molar-refractivity contribution in [2.45, 2.75) is 13.8 Å². The summed E-state index contributed by atoms with van der Waals surface area (Å²) in [5, 5.41) is 10.9. The van der Waals surface area contributed by atoms with Crippen molar-refractivity contribution < 1.29 is 9.66 Å². The number of nitro groups is 1. The second-order valence-corrected chi connectivity index (χ2v) is 4.80. The highest BCUT2D eigenvalue weighted by Gasteiger charge is 2.16. The smallest absolute Gasteiger partial charge is 0.276 e. The molecular formula is C13H11BrN2O3. The Bertz CT molecular complexity index is 644. The molecule has 19 heavy (non-hydrogen) atoms. The van der Waals surface area contributed by atoms with Crippen molar-refractivity contribution in [3.05, 3.63) is 56.2 Å². The average molecular weight is 323 g/mol. The topological polar surface area (TPSA) is 65.3 Å². The van der Waals surface area contributed by atoms with Crippen LogP contribution >= 0.6 is 15.9 Å². The Morgan fingerprint density at radius 2 is 2.05 bits per heavy atom. The number of halogens is 1. The van der Waals surface area contributed by atoms with E-state index >= 15 is 0 Å². The van der Waals surface area contributed by atoms with Gasteiger partial charge in [-0.05, 0) is 47.5 Å². The summed E-state index contributed by atoms with van der Waals surface area (Å²) in [6.07, 6.45) is 1.63. The molecule has 2 aromatic rings. The first-order chi connectivity index (χ1) is 9.00. The molecule has 0 atom stereocenters. The molecule has 5 nitrogen and oxygen atoms in total. The van der Waals surface area contributed by atoms with E-state index in [1.54, 1.807) is 25.3 Å². The molecule has 0 aliphatic carbocycles. The zero-order chi connectivity index (χ0) is 14.0. The quantitative estimate of drug-likeness (QED) is 0.628. The highest BCUT2D eigenvalue weighted by molar-refractivity contribution is 9.10. The summed E-state index contributed by atoms with van der Waals surface area (Å²) in [5.41, 5.74) is 1.48. The zero-order valence-corrected chi connectivity index (χ0v) is 12.0. The van der Waals surface area contributed by atoms with E-state index in [0.29, 0.717) is 17.2 Å². The first-order valence-corrected chi connectivity index (χ1v) is 6.33. The van der Waals surface area contributed by atoms with Gasteiger partial charge in [0, 0.05) is 12.3 Å². The number of rotatable bonds is 3. The lowest BCUT2D eigenvalue weighted by atomic mass is 10.2. The summed E-state index contributed by atoms with van der Waals surface area (Å²) in [6, 6.07) is 6.56. The molecule has 0 spiro atoms. The van der Waals surface area contributed by atoms with E-state index in [9.17, 15) is 10.1 Å². The molecular weight excluding hydrogens is 312 g/mol. The van der Waals surface area contributed by atoms with E-state index in [0.717, 1.165) is 10.0 Å². The predicted molar refractivity (Wildman–Crippen MR) is 74.6 cm³/mol. The number of aryl methyl sites for hydroxylation is 1. The van der Waals surface area contributed by atoms with Gasteiger partial charge in [0.2, 0.25) is 5.88 Å². The van der Waals surface area contributed by atoms with Crippen LogP contribution in [-0.2, 0) is 0 Å². The molecule has 0 N–H and O–H groups in total. The van der Waals surface area contributed by atoms with Gasteiger partial charge in [0.05, 0.1) is 15.0 Å². The normalized spacial score (nSPS) is 10.3. The molecule has 0 saturated heterocycles. The summed E-state index contributed by atoms with van der Waals surface area (Å²) >= 11 is 3.39. The van der Waals surface area contributed by atoms with Crippen molar-refractivity contribution in [1.29, 1.82) is 0 Å². The number of nitro benzene ring substituents is 1. The minimum absolute atomic E-state index is 0.0290. The number of aromatic nitrogens is 1. The Balaban J connectivity index is 2.42. The highest BCUT2D eigenvalue weighted by atomic mass is 79.9. The Morgan fingerprint density at radius 1 is 1.32 bits per heavy atom. The van der Waals surface area contributed by atoms with Crippen LogP contribution in [-0.4, -0.2) is 9.91 Å². The van der Waals surface area contributed by atoms with Crippen LogP contribution in [0.5, 0.6) is 11.6 Å². The van der Waals surface area contributed by atoms with E-state index in [2.05, 4.69) is 20.9 Å². The van der Waals surface area contributed by atoms with Crippen LogP contribution in [0.3, 0.4) is 0 Å². The molecule has 1 aromatic carbocycles. The van der Waals surface area contributed by atoms with Gasteiger partial charge in [0.1, 0.15) is 5.75 Å². The number of nitrogens with zero attached hydrogens (tertiary/aromatic N) is 2. The number of pyridine rings is 1. The third-order valence-corrected chi connectivity index (χ3v) is 3.67. The van der Waals surface area contributed by atoms with Gasteiger partial charge in [-0.15, -0.1) is 0 Å². The van der Waals surface area contributed by atoms with Crippen molar-refractivity contribution in [2.75, 3.05) is 0 Å². The van der Waals surface area contributed by atoms with Gasteiger partial charge in [0.25, 0.3) is 5.69 Å². The van der Waals surface area contributed by atoms with Crippen LogP contribution in [0.4, 0.5) is 5.69 Å². The third kappa shape index (κ3) is 2.73. The van der Waals surface area contributed by atoms with Gasteiger partial charge in [-0.2, -0.15) is 0 Å². The van der Waals surface area contributed by atoms with E-state index in [1.807, 2.05) is 13.0 Å². The highest BCUT2D eigenvalue weighted by Crippen LogP contribution is 2.34. The second kappa shape index (κ2) is 5.36. The Morgan fingerprint density at radius 3 is 2.74 bits per heavy atom. The maximum atomic E-state index is 10.9. The van der Waals surface area contributed by atoms with E-state index in [4.69, 9.17) is 4.74 Å². The summed E-state index contributed by atoms with van der Waals surface area (Å²) in [6.45, 7) is 3.57. The number of hydrogen-bond donors (Lipinski definition) is 0. The molecule has 6 heteroatoms.